The molecule has 6 nitrogen and oxygen atoms in total. The number of benzene rings is 1. The number of hydrogen-bond acceptors (Lipinski definition) is 5. The summed E-state index contributed by atoms with van der Waals surface area (Å²) in [4.78, 5) is 14.9. The number of aliphatic hydroxyl groups excluding tert-OH is 1. The molecule has 0 aliphatic carbocycles. The van der Waals surface area contributed by atoms with Gasteiger partial charge < -0.3 is 19.7 Å². The molecular formula is C15H15NO5. The number of nitrogens with zero attached hydrogens (tertiary/aromatic N) is 1. The van der Waals surface area contributed by atoms with Crippen LogP contribution in [-0.4, -0.2) is 35.7 Å². The van der Waals surface area contributed by atoms with Gasteiger partial charge in [0.15, 0.2) is 11.5 Å². The zero-order valence-corrected chi connectivity index (χ0v) is 11.4. The van der Waals surface area contributed by atoms with E-state index in [4.69, 9.17) is 14.6 Å². The topological polar surface area (TPSA) is 88.4 Å². The molecular weight excluding hydrogens is 274 g/mol. The molecule has 0 saturated heterocycles. The van der Waals surface area contributed by atoms with Crippen molar-refractivity contribution in [2.24, 2.45) is 4.99 Å². The van der Waals surface area contributed by atoms with Gasteiger partial charge in [0.25, 0.3) is 0 Å². The number of carboxylic acids is 1. The molecule has 0 radical (unpaired) electrons. The molecule has 0 fully saturated rings. The molecule has 1 aromatic rings. The van der Waals surface area contributed by atoms with E-state index in [-0.39, 0.29) is 18.1 Å². The third kappa shape index (κ3) is 3.62. The molecule has 2 rings (SSSR count). The lowest BCUT2D eigenvalue weighted by atomic mass is 10.1. The van der Waals surface area contributed by atoms with Gasteiger partial charge in [-0.1, -0.05) is 12.1 Å². The van der Waals surface area contributed by atoms with E-state index in [2.05, 4.69) is 4.99 Å². The summed E-state index contributed by atoms with van der Waals surface area (Å²) >= 11 is 0. The van der Waals surface area contributed by atoms with Crippen molar-refractivity contribution in [3.8, 4) is 11.5 Å². The minimum atomic E-state index is -1.24. The average Bonchev–Trinajstić information content (AvgIpc) is 2.92. The monoisotopic (exact) mass is 289 g/mol. The standard InChI is InChI=1S/C15H15NO5/c1-2-16-8-11(15(18)19)12(17)5-3-10-4-6-13-14(7-10)21-9-20-13/h3-8,17H,2,9H2,1H3,(H,18,19)/b5-3+,12-11-,16-8?. The van der Waals surface area contributed by atoms with E-state index in [0.29, 0.717) is 18.0 Å². The Morgan fingerprint density at radius 1 is 1.33 bits per heavy atom. The Morgan fingerprint density at radius 3 is 2.81 bits per heavy atom. The summed E-state index contributed by atoms with van der Waals surface area (Å²) in [6.07, 6.45) is 4.03. The fourth-order valence-corrected chi connectivity index (χ4v) is 1.70. The lowest BCUT2D eigenvalue weighted by Gasteiger charge is -1.99. The van der Waals surface area contributed by atoms with Crippen molar-refractivity contribution in [2.75, 3.05) is 13.3 Å². The first-order valence-electron chi connectivity index (χ1n) is 6.36. The lowest BCUT2D eigenvalue weighted by Crippen LogP contribution is -2.05. The number of allylic oxidation sites excluding steroid dienone is 1. The molecule has 1 aromatic carbocycles. The molecule has 0 spiro atoms. The minimum Gasteiger partial charge on any atom is -0.507 e. The fourth-order valence-electron chi connectivity index (χ4n) is 1.70. The molecule has 1 aliphatic heterocycles. The van der Waals surface area contributed by atoms with Crippen LogP contribution < -0.4 is 9.47 Å². The Hall–Kier alpha value is -2.76. The molecule has 0 unspecified atom stereocenters. The normalized spacial score (nSPS) is 14.7. The Balaban J connectivity index is 2.22. The van der Waals surface area contributed by atoms with Crippen molar-refractivity contribution in [3.05, 3.63) is 41.2 Å². The van der Waals surface area contributed by atoms with Crippen molar-refractivity contribution in [1.29, 1.82) is 0 Å². The van der Waals surface area contributed by atoms with Crippen LogP contribution in [0.1, 0.15) is 12.5 Å². The fraction of sp³-hybridized carbons (Fsp3) is 0.200. The third-order valence-corrected chi connectivity index (χ3v) is 2.74. The minimum absolute atomic E-state index is 0.185. The second-order valence-corrected chi connectivity index (χ2v) is 4.18. The number of aliphatic imine (C=N–C) groups is 1. The van der Waals surface area contributed by atoms with Crippen LogP contribution in [-0.2, 0) is 4.79 Å². The van der Waals surface area contributed by atoms with Gasteiger partial charge in [0, 0.05) is 12.8 Å². The number of aliphatic hydroxyl groups is 1. The number of aliphatic carboxylic acids is 1. The Labute approximate surface area is 121 Å². The Kier molecular flexibility index (Phi) is 4.61. The SMILES string of the molecule is CCN=C/C(C(=O)O)=C(O)\C=C\c1ccc2c(c1)OCO2. The van der Waals surface area contributed by atoms with Gasteiger partial charge in [0.1, 0.15) is 11.3 Å². The van der Waals surface area contributed by atoms with Crippen molar-refractivity contribution >= 4 is 18.3 Å². The highest BCUT2D eigenvalue weighted by atomic mass is 16.7. The van der Waals surface area contributed by atoms with Gasteiger partial charge in [-0.3, -0.25) is 4.99 Å². The molecule has 110 valence electrons. The predicted molar refractivity (Wildman–Crippen MR) is 77.9 cm³/mol. The summed E-state index contributed by atoms with van der Waals surface area (Å²) in [6.45, 7) is 2.40. The molecule has 2 N–H and O–H groups in total. The van der Waals surface area contributed by atoms with E-state index in [1.54, 1.807) is 31.2 Å². The first-order chi connectivity index (χ1) is 10.1. The van der Waals surface area contributed by atoms with E-state index in [1.165, 1.54) is 6.08 Å². The molecule has 6 heteroatoms. The van der Waals surface area contributed by atoms with E-state index in [9.17, 15) is 9.90 Å². The maximum atomic E-state index is 11.0. The third-order valence-electron chi connectivity index (χ3n) is 2.74. The van der Waals surface area contributed by atoms with Crippen LogP contribution in [0, 0.1) is 0 Å². The Bertz CT molecular complexity index is 631. The van der Waals surface area contributed by atoms with E-state index in [0.717, 1.165) is 11.8 Å². The number of carbonyl (C=O) groups is 1. The number of hydrogen-bond donors (Lipinski definition) is 2. The van der Waals surface area contributed by atoms with Crippen molar-refractivity contribution < 1.29 is 24.5 Å². The first kappa shape index (κ1) is 14.6. The number of carboxylic acid groups (broad SMARTS) is 1. The van der Waals surface area contributed by atoms with Crippen LogP contribution in [0.5, 0.6) is 11.5 Å². The lowest BCUT2D eigenvalue weighted by molar-refractivity contribution is -0.132. The highest BCUT2D eigenvalue weighted by molar-refractivity contribution is 6.09. The van der Waals surface area contributed by atoms with Gasteiger partial charge in [-0.05, 0) is 30.7 Å². The zero-order chi connectivity index (χ0) is 15.2. The molecule has 0 bridgehead atoms. The molecule has 1 heterocycles. The van der Waals surface area contributed by atoms with Crippen LogP contribution in [0.4, 0.5) is 0 Å². The smallest absolute Gasteiger partial charge is 0.341 e. The van der Waals surface area contributed by atoms with Gasteiger partial charge in [-0.2, -0.15) is 0 Å². The zero-order valence-electron chi connectivity index (χ0n) is 11.4. The summed E-state index contributed by atoms with van der Waals surface area (Å²) in [7, 11) is 0. The summed E-state index contributed by atoms with van der Waals surface area (Å²) in [5.74, 6) is -0.322. The van der Waals surface area contributed by atoms with Crippen LogP contribution in [0.25, 0.3) is 6.08 Å². The van der Waals surface area contributed by atoms with Crippen LogP contribution in [0.2, 0.25) is 0 Å². The van der Waals surface area contributed by atoms with Crippen molar-refractivity contribution in [1.82, 2.24) is 0 Å². The van der Waals surface area contributed by atoms with Gasteiger partial charge in [-0.15, -0.1) is 0 Å². The largest absolute Gasteiger partial charge is 0.507 e. The molecule has 0 saturated carbocycles. The van der Waals surface area contributed by atoms with Gasteiger partial charge in [0.05, 0.1) is 0 Å². The first-order valence-corrected chi connectivity index (χ1v) is 6.36. The molecule has 1 aliphatic rings. The maximum absolute atomic E-state index is 11.0. The van der Waals surface area contributed by atoms with E-state index in [1.807, 2.05) is 0 Å². The number of rotatable bonds is 5. The molecule has 0 atom stereocenters. The Morgan fingerprint density at radius 2 is 2.10 bits per heavy atom. The van der Waals surface area contributed by atoms with Gasteiger partial charge in [-0.25, -0.2) is 4.79 Å². The van der Waals surface area contributed by atoms with E-state index >= 15 is 0 Å². The summed E-state index contributed by atoms with van der Waals surface area (Å²) in [5.41, 5.74) is 0.497. The van der Waals surface area contributed by atoms with Crippen molar-refractivity contribution in [2.45, 2.75) is 6.92 Å². The number of fused-ring (bicyclic) bond motifs is 1. The van der Waals surface area contributed by atoms with Gasteiger partial charge in [0.2, 0.25) is 6.79 Å². The predicted octanol–water partition coefficient (Wildman–Crippen LogP) is 2.42. The van der Waals surface area contributed by atoms with Crippen LogP contribution >= 0.6 is 0 Å². The summed E-state index contributed by atoms with van der Waals surface area (Å²) in [6, 6.07) is 5.27. The molecule has 0 amide bonds. The second kappa shape index (κ2) is 6.60. The van der Waals surface area contributed by atoms with Crippen LogP contribution in [0.15, 0.2) is 40.6 Å². The molecule has 0 aromatic heterocycles. The number of ether oxygens (including phenoxy) is 2. The summed E-state index contributed by atoms with van der Waals surface area (Å²) < 4.78 is 10.4. The summed E-state index contributed by atoms with van der Waals surface area (Å²) in [5, 5.41) is 18.8. The maximum Gasteiger partial charge on any atom is 0.341 e. The highest BCUT2D eigenvalue weighted by Gasteiger charge is 2.13. The molecule has 21 heavy (non-hydrogen) atoms. The highest BCUT2D eigenvalue weighted by Crippen LogP contribution is 2.32. The van der Waals surface area contributed by atoms with E-state index < -0.39 is 5.97 Å². The van der Waals surface area contributed by atoms with Gasteiger partial charge >= 0.3 is 5.97 Å². The van der Waals surface area contributed by atoms with Crippen molar-refractivity contribution in [3.63, 3.8) is 0 Å². The quantitative estimate of drug-likeness (QED) is 0.376. The second-order valence-electron chi connectivity index (χ2n) is 4.18. The van der Waals surface area contributed by atoms with Crippen LogP contribution in [0.3, 0.4) is 0 Å². The average molecular weight is 289 g/mol.